The molecule has 1 aliphatic rings. The molecule has 0 aromatic heterocycles. The van der Waals surface area contributed by atoms with E-state index in [1.165, 1.54) is 31.4 Å². The maximum absolute atomic E-state index is 14.1. The summed E-state index contributed by atoms with van der Waals surface area (Å²) in [5, 5.41) is 2.61. The average Bonchev–Trinajstić information content (AvgIpc) is 2.60. The average molecular weight is 391 g/mol. The summed E-state index contributed by atoms with van der Waals surface area (Å²) in [6.07, 6.45) is 1.33. The van der Waals surface area contributed by atoms with Gasteiger partial charge in [-0.2, -0.15) is 0 Å². The summed E-state index contributed by atoms with van der Waals surface area (Å²) >= 11 is 11.0. The number of para-hydroxylation sites is 1. The fraction of sp³-hybridized carbons (Fsp3) is 0.0556. The minimum Gasteiger partial charge on any atom is -0.496 e. The number of nitrogens with one attached hydrogen (secondary N) is 1. The lowest BCUT2D eigenvalue weighted by atomic mass is 10.1. The van der Waals surface area contributed by atoms with Crippen LogP contribution in [0.3, 0.4) is 0 Å². The maximum Gasteiger partial charge on any atom is 0.270 e. The fourth-order valence-corrected chi connectivity index (χ4v) is 2.94. The van der Waals surface area contributed by atoms with Crippen molar-refractivity contribution in [1.29, 1.82) is 0 Å². The molecule has 1 saturated heterocycles. The Morgan fingerprint density at radius 2 is 1.96 bits per heavy atom. The highest BCUT2D eigenvalue weighted by atomic mass is 35.5. The van der Waals surface area contributed by atoms with Gasteiger partial charge in [-0.05, 0) is 48.6 Å². The van der Waals surface area contributed by atoms with Crippen molar-refractivity contribution in [2.45, 2.75) is 0 Å². The number of carbonyl (C=O) groups is 2. The number of carbonyl (C=O) groups excluding carboxylic acids is 2. The van der Waals surface area contributed by atoms with Crippen LogP contribution in [-0.2, 0) is 9.59 Å². The zero-order valence-electron chi connectivity index (χ0n) is 13.5. The van der Waals surface area contributed by atoms with E-state index in [0.717, 1.165) is 4.90 Å². The van der Waals surface area contributed by atoms with Gasteiger partial charge in [0.25, 0.3) is 11.8 Å². The second-order valence-electron chi connectivity index (χ2n) is 5.30. The first-order chi connectivity index (χ1) is 12.4. The Morgan fingerprint density at radius 3 is 2.65 bits per heavy atom. The molecule has 2 aromatic rings. The molecular formula is C18H12ClFN2O3S. The van der Waals surface area contributed by atoms with E-state index in [1.54, 1.807) is 24.3 Å². The Bertz CT molecular complexity index is 961. The monoisotopic (exact) mass is 390 g/mol. The molecule has 0 bridgehead atoms. The summed E-state index contributed by atoms with van der Waals surface area (Å²) in [6.45, 7) is 0. The quantitative estimate of drug-likeness (QED) is 0.496. The molecule has 0 radical (unpaired) electrons. The topological polar surface area (TPSA) is 58.6 Å². The van der Waals surface area contributed by atoms with Crippen molar-refractivity contribution in [2.75, 3.05) is 12.0 Å². The number of thiocarbonyl (C=S) groups is 1. The van der Waals surface area contributed by atoms with Gasteiger partial charge in [0.15, 0.2) is 5.11 Å². The van der Waals surface area contributed by atoms with Crippen LogP contribution in [0, 0.1) is 5.82 Å². The predicted molar refractivity (Wildman–Crippen MR) is 101 cm³/mol. The first kappa shape index (κ1) is 18.0. The van der Waals surface area contributed by atoms with Gasteiger partial charge in [-0.1, -0.05) is 23.7 Å². The molecule has 5 nitrogen and oxygen atoms in total. The number of halogens is 2. The number of hydrogen-bond donors (Lipinski definition) is 1. The summed E-state index contributed by atoms with van der Waals surface area (Å²) in [4.78, 5) is 26.1. The second kappa shape index (κ2) is 7.23. The summed E-state index contributed by atoms with van der Waals surface area (Å²) in [6, 6.07) is 10.4. The van der Waals surface area contributed by atoms with Crippen molar-refractivity contribution in [1.82, 2.24) is 5.32 Å². The van der Waals surface area contributed by atoms with E-state index < -0.39 is 17.6 Å². The van der Waals surface area contributed by atoms with Crippen LogP contribution < -0.4 is 15.0 Å². The molecule has 3 rings (SSSR count). The fourth-order valence-electron chi connectivity index (χ4n) is 2.48. The van der Waals surface area contributed by atoms with Crippen molar-refractivity contribution in [3.05, 3.63) is 64.4 Å². The molecule has 0 aliphatic carbocycles. The molecule has 0 atom stereocenters. The normalized spacial score (nSPS) is 16.0. The van der Waals surface area contributed by atoms with Gasteiger partial charge in [-0.15, -0.1) is 0 Å². The van der Waals surface area contributed by atoms with Gasteiger partial charge >= 0.3 is 0 Å². The standard InChI is InChI=1S/C18H12ClFN2O3S/c1-25-15-7-6-11(19)8-10(15)9-12-16(23)21-18(26)22(17(12)24)14-5-3-2-4-13(14)20/h2-9H,1H3,(H,21,23,26)/b12-9-. The third-order valence-corrected chi connectivity index (χ3v) is 4.21. The van der Waals surface area contributed by atoms with E-state index >= 15 is 0 Å². The minimum absolute atomic E-state index is 0.0496. The van der Waals surface area contributed by atoms with Gasteiger partial charge in [0.2, 0.25) is 0 Å². The lowest BCUT2D eigenvalue weighted by Crippen LogP contribution is -2.54. The van der Waals surface area contributed by atoms with Crippen molar-refractivity contribution >= 4 is 52.5 Å². The lowest BCUT2D eigenvalue weighted by Gasteiger charge is -2.29. The molecule has 8 heteroatoms. The third kappa shape index (κ3) is 3.31. The van der Waals surface area contributed by atoms with E-state index in [2.05, 4.69) is 5.32 Å². The van der Waals surface area contributed by atoms with Crippen LogP contribution in [0.2, 0.25) is 5.02 Å². The van der Waals surface area contributed by atoms with Gasteiger partial charge in [-0.25, -0.2) is 9.29 Å². The molecule has 132 valence electrons. The third-order valence-electron chi connectivity index (χ3n) is 3.69. The van der Waals surface area contributed by atoms with E-state index in [1.807, 2.05) is 0 Å². The number of benzene rings is 2. The van der Waals surface area contributed by atoms with Crippen LogP contribution in [0.15, 0.2) is 48.0 Å². The molecule has 2 amide bonds. The first-order valence-electron chi connectivity index (χ1n) is 7.42. The van der Waals surface area contributed by atoms with E-state index in [4.69, 9.17) is 28.6 Å². The van der Waals surface area contributed by atoms with Gasteiger partial charge < -0.3 is 4.74 Å². The molecule has 26 heavy (non-hydrogen) atoms. The molecule has 0 spiro atoms. The largest absolute Gasteiger partial charge is 0.496 e. The number of rotatable bonds is 3. The molecule has 1 fully saturated rings. The Labute approximate surface area is 159 Å². The van der Waals surface area contributed by atoms with Crippen LogP contribution in [-0.4, -0.2) is 24.0 Å². The molecule has 2 aromatic carbocycles. The van der Waals surface area contributed by atoms with E-state index in [-0.39, 0.29) is 16.4 Å². The maximum atomic E-state index is 14.1. The summed E-state index contributed by atoms with van der Waals surface area (Å²) in [5.74, 6) is -1.65. The number of nitrogens with zero attached hydrogens (tertiary/aromatic N) is 1. The predicted octanol–water partition coefficient (Wildman–Crippen LogP) is 3.32. The Hall–Kier alpha value is -2.77. The Kier molecular flexibility index (Phi) is 5.01. The van der Waals surface area contributed by atoms with Crippen LogP contribution in [0.25, 0.3) is 6.08 Å². The van der Waals surface area contributed by atoms with E-state index in [0.29, 0.717) is 16.3 Å². The number of anilines is 1. The van der Waals surface area contributed by atoms with Crippen molar-refractivity contribution in [3.63, 3.8) is 0 Å². The van der Waals surface area contributed by atoms with Crippen LogP contribution >= 0.6 is 23.8 Å². The smallest absolute Gasteiger partial charge is 0.270 e. The zero-order chi connectivity index (χ0) is 18.8. The van der Waals surface area contributed by atoms with Crippen LogP contribution in [0.4, 0.5) is 10.1 Å². The van der Waals surface area contributed by atoms with Crippen molar-refractivity contribution in [2.24, 2.45) is 0 Å². The highest BCUT2D eigenvalue weighted by molar-refractivity contribution is 7.80. The highest BCUT2D eigenvalue weighted by Crippen LogP contribution is 2.28. The SMILES string of the molecule is COc1ccc(Cl)cc1/C=C1/C(=O)NC(=S)N(c2ccccc2F)C1=O. The summed E-state index contributed by atoms with van der Waals surface area (Å²) in [7, 11) is 1.45. The van der Waals surface area contributed by atoms with E-state index in [9.17, 15) is 14.0 Å². The molecule has 1 aliphatic heterocycles. The van der Waals surface area contributed by atoms with Gasteiger partial charge in [0, 0.05) is 10.6 Å². The Morgan fingerprint density at radius 1 is 1.23 bits per heavy atom. The number of ether oxygens (including phenoxy) is 1. The van der Waals surface area contributed by atoms with Crippen LogP contribution in [0.1, 0.15) is 5.56 Å². The molecule has 0 unspecified atom stereocenters. The number of amides is 2. The Balaban J connectivity index is 2.09. The van der Waals surface area contributed by atoms with Crippen molar-refractivity contribution < 1.29 is 18.7 Å². The first-order valence-corrected chi connectivity index (χ1v) is 8.20. The van der Waals surface area contributed by atoms with Gasteiger partial charge in [-0.3, -0.25) is 14.9 Å². The lowest BCUT2D eigenvalue weighted by molar-refractivity contribution is -0.122. The molecule has 1 heterocycles. The molecule has 0 saturated carbocycles. The molecular weight excluding hydrogens is 379 g/mol. The van der Waals surface area contributed by atoms with Crippen LogP contribution in [0.5, 0.6) is 5.75 Å². The second-order valence-corrected chi connectivity index (χ2v) is 6.12. The number of methoxy groups -OCH3 is 1. The number of hydrogen-bond acceptors (Lipinski definition) is 4. The van der Waals surface area contributed by atoms with Gasteiger partial charge in [0.1, 0.15) is 17.1 Å². The minimum atomic E-state index is -0.745. The highest BCUT2D eigenvalue weighted by Gasteiger charge is 2.35. The molecule has 1 N–H and O–H groups in total. The summed E-state index contributed by atoms with van der Waals surface area (Å²) < 4.78 is 19.3. The van der Waals surface area contributed by atoms with Gasteiger partial charge in [0.05, 0.1) is 12.8 Å². The zero-order valence-corrected chi connectivity index (χ0v) is 15.0. The van der Waals surface area contributed by atoms with Crippen molar-refractivity contribution in [3.8, 4) is 5.75 Å². The summed E-state index contributed by atoms with van der Waals surface area (Å²) in [5.41, 5.74) is 0.161.